The van der Waals surface area contributed by atoms with E-state index in [0.717, 1.165) is 22.6 Å². The van der Waals surface area contributed by atoms with E-state index < -0.39 is 0 Å². The highest BCUT2D eigenvalue weighted by atomic mass is 16.5. The summed E-state index contributed by atoms with van der Waals surface area (Å²) in [6.45, 7) is 0.406. The number of carbonyl (C=O) groups excluding carboxylic acids is 1. The van der Waals surface area contributed by atoms with Crippen LogP contribution in [0.3, 0.4) is 0 Å². The summed E-state index contributed by atoms with van der Waals surface area (Å²) in [6, 6.07) is 25.0. The topological polar surface area (TPSA) is 50.4 Å². The zero-order valence-corrected chi connectivity index (χ0v) is 14.0. The van der Waals surface area contributed by atoms with Gasteiger partial charge in [-0.1, -0.05) is 36.4 Å². The van der Waals surface area contributed by atoms with Crippen LogP contribution in [-0.4, -0.2) is 13.0 Å². The third-order valence-corrected chi connectivity index (χ3v) is 3.77. The van der Waals surface area contributed by atoms with Crippen LogP contribution in [0.2, 0.25) is 0 Å². The van der Waals surface area contributed by atoms with Gasteiger partial charge in [-0.2, -0.15) is 0 Å². The maximum absolute atomic E-state index is 12.5. The minimum Gasteiger partial charge on any atom is -0.380 e. The van der Waals surface area contributed by atoms with Crippen molar-refractivity contribution in [2.45, 2.75) is 6.61 Å². The zero-order chi connectivity index (χ0) is 17.5. The van der Waals surface area contributed by atoms with E-state index in [1.807, 2.05) is 72.8 Å². The molecule has 0 aliphatic rings. The van der Waals surface area contributed by atoms with Gasteiger partial charge >= 0.3 is 0 Å². The van der Waals surface area contributed by atoms with Crippen molar-refractivity contribution in [2.24, 2.45) is 0 Å². The molecule has 0 aliphatic heterocycles. The standard InChI is InChI=1S/C21H20N2O2/c1-25-15-16-7-5-6-10-20(16)21(24)23-19-13-11-18(12-14-19)22-17-8-3-2-4-9-17/h2-14,22H,15H2,1H3,(H,23,24). The normalized spacial score (nSPS) is 10.3. The molecule has 0 atom stereocenters. The molecule has 3 rings (SSSR count). The minimum atomic E-state index is -0.142. The lowest BCUT2D eigenvalue weighted by Gasteiger charge is -2.11. The van der Waals surface area contributed by atoms with Crippen LogP contribution in [0.4, 0.5) is 17.1 Å². The van der Waals surface area contributed by atoms with E-state index in [0.29, 0.717) is 12.2 Å². The molecule has 3 aromatic rings. The number of carbonyl (C=O) groups is 1. The van der Waals surface area contributed by atoms with Gasteiger partial charge in [0.2, 0.25) is 0 Å². The van der Waals surface area contributed by atoms with Crippen LogP contribution in [0.1, 0.15) is 15.9 Å². The molecule has 0 bridgehead atoms. The second-order valence-electron chi connectivity index (χ2n) is 5.61. The summed E-state index contributed by atoms with van der Waals surface area (Å²) < 4.78 is 5.15. The summed E-state index contributed by atoms with van der Waals surface area (Å²) in [4.78, 5) is 12.5. The van der Waals surface area contributed by atoms with Gasteiger partial charge in [-0.05, 0) is 48.0 Å². The molecule has 4 heteroatoms. The first kappa shape index (κ1) is 16.7. The fourth-order valence-electron chi connectivity index (χ4n) is 2.55. The van der Waals surface area contributed by atoms with Crippen molar-refractivity contribution in [1.82, 2.24) is 0 Å². The second-order valence-corrected chi connectivity index (χ2v) is 5.61. The molecule has 4 nitrogen and oxygen atoms in total. The second kappa shape index (κ2) is 8.13. The first-order valence-electron chi connectivity index (χ1n) is 8.06. The Hall–Kier alpha value is -3.11. The number of nitrogens with one attached hydrogen (secondary N) is 2. The van der Waals surface area contributed by atoms with Crippen LogP contribution in [0.5, 0.6) is 0 Å². The Bertz CT molecular complexity index is 830. The van der Waals surface area contributed by atoms with Crippen molar-refractivity contribution in [1.29, 1.82) is 0 Å². The number of hydrogen-bond donors (Lipinski definition) is 2. The number of benzene rings is 3. The van der Waals surface area contributed by atoms with Crippen LogP contribution < -0.4 is 10.6 Å². The van der Waals surface area contributed by atoms with Crippen molar-refractivity contribution in [3.63, 3.8) is 0 Å². The van der Waals surface area contributed by atoms with Gasteiger partial charge in [-0.3, -0.25) is 4.79 Å². The molecule has 0 heterocycles. The Morgan fingerprint density at radius 3 is 2.12 bits per heavy atom. The molecule has 126 valence electrons. The molecule has 0 radical (unpaired) electrons. The predicted molar refractivity (Wildman–Crippen MR) is 101 cm³/mol. The lowest BCUT2D eigenvalue weighted by Crippen LogP contribution is -2.14. The third kappa shape index (κ3) is 4.46. The van der Waals surface area contributed by atoms with Crippen LogP contribution in [0.25, 0.3) is 0 Å². The van der Waals surface area contributed by atoms with Gasteiger partial charge in [0.15, 0.2) is 0 Å². The van der Waals surface area contributed by atoms with Gasteiger partial charge in [-0.25, -0.2) is 0 Å². The maximum atomic E-state index is 12.5. The average molecular weight is 332 g/mol. The lowest BCUT2D eigenvalue weighted by atomic mass is 10.1. The van der Waals surface area contributed by atoms with Crippen molar-refractivity contribution < 1.29 is 9.53 Å². The quantitative estimate of drug-likeness (QED) is 0.680. The van der Waals surface area contributed by atoms with E-state index in [9.17, 15) is 4.79 Å². The van der Waals surface area contributed by atoms with Gasteiger partial charge in [0.25, 0.3) is 5.91 Å². The number of hydrogen-bond acceptors (Lipinski definition) is 3. The smallest absolute Gasteiger partial charge is 0.256 e. The van der Waals surface area contributed by atoms with Crippen molar-refractivity contribution in [3.8, 4) is 0 Å². The minimum absolute atomic E-state index is 0.142. The van der Waals surface area contributed by atoms with Crippen LogP contribution in [0.15, 0.2) is 78.9 Å². The average Bonchev–Trinajstić information content (AvgIpc) is 2.65. The first-order valence-corrected chi connectivity index (χ1v) is 8.06. The highest BCUT2D eigenvalue weighted by molar-refractivity contribution is 6.05. The maximum Gasteiger partial charge on any atom is 0.256 e. The Balaban J connectivity index is 1.68. The van der Waals surface area contributed by atoms with Gasteiger partial charge in [0.1, 0.15) is 0 Å². The van der Waals surface area contributed by atoms with Crippen molar-refractivity contribution in [2.75, 3.05) is 17.7 Å². The van der Waals surface area contributed by atoms with Crippen LogP contribution >= 0.6 is 0 Å². The molecule has 0 saturated carbocycles. The summed E-state index contributed by atoms with van der Waals surface area (Å²) >= 11 is 0. The van der Waals surface area contributed by atoms with Gasteiger partial charge in [0, 0.05) is 29.7 Å². The molecule has 1 amide bonds. The summed E-state index contributed by atoms with van der Waals surface area (Å²) in [5.74, 6) is -0.142. The van der Waals surface area contributed by atoms with Gasteiger partial charge in [-0.15, -0.1) is 0 Å². The lowest BCUT2D eigenvalue weighted by molar-refractivity contribution is 0.102. The molecule has 0 unspecified atom stereocenters. The molecule has 25 heavy (non-hydrogen) atoms. The fraction of sp³-hybridized carbons (Fsp3) is 0.0952. The van der Waals surface area contributed by atoms with Crippen molar-refractivity contribution in [3.05, 3.63) is 90.0 Å². The van der Waals surface area contributed by atoms with E-state index in [1.54, 1.807) is 13.2 Å². The number of ether oxygens (including phenoxy) is 1. The molecular weight excluding hydrogens is 312 g/mol. The first-order chi connectivity index (χ1) is 12.3. The van der Waals surface area contributed by atoms with E-state index in [-0.39, 0.29) is 5.91 Å². The SMILES string of the molecule is COCc1ccccc1C(=O)Nc1ccc(Nc2ccccc2)cc1. The Morgan fingerprint density at radius 1 is 0.800 bits per heavy atom. The molecule has 0 aliphatic carbocycles. The summed E-state index contributed by atoms with van der Waals surface area (Å²) in [5, 5.41) is 6.24. The summed E-state index contributed by atoms with van der Waals surface area (Å²) in [6.07, 6.45) is 0. The molecule has 2 N–H and O–H groups in total. The fourth-order valence-corrected chi connectivity index (χ4v) is 2.55. The molecule has 3 aromatic carbocycles. The number of anilines is 3. The highest BCUT2D eigenvalue weighted by Crippen LogP contribution is 2.19. The number of rotatable bonds is 6. The van der Waals surface area contributed by atoms with Gasteiger partial charge in [0.05, 0.1) is 6.61 Å². The van der Waals surface area contributed by atoms with Gasteiger partial charge < -0.3 is 15.4 Å². The van der Waals surface area contributed by atoms with E-state index in [4.69, 9.17) is 4.74 Å². The third-order valence-electron chi connectivity index (χ3n) is 3.77. The Kier molecular flexibility index (Phi) is 5.44. The van der Waals surface area contributed by atoms with Crippen molar-refractivity contribution >= 4 is 23.0 Å². The highest BCUT2D eigenvalue weighted by Gasteiger charge is 2.10. The molecule has 0 saturated heterocycles. The molecule has 0 aromatic heterocycles. The monoisotopic (exact) mass is 332 g/mol. The molecule has 0 spiro atoms. The van der Waals surface area contributed by atoms with Crippen LogP contribution in [0, 0.1) is 0 Å². The number of methoxy groups -OCH3 is 1. The summed E-state index contributed by atoms with van der Waals surface area (Å²) in [5.41, 5.74) is 4.22. The van der Waals surface area contributed by atoms with E-state index >= 15 is 0 Å². The number of amides is 1. The van der Waals surface area contributed by atoms with E-state index in [1.165, 1.54) is 0 Å². The number of para-hydroxylation sites is 1. The summed E-state index contributed by atoms with van der Waals surface area (Å²) in [7, 11) is 1.62. The Morgan fingerprint density at radius 2 is 1.40 bits per heavy atom. The molecule has 0 fully saturated rings. The largest absolute Gasteiger partial charge is 0.380 e. The molecular formula is C21H20N2O2. The predicted octanol–water partition coefficient (Wildman–Crippen LogP) is 4.83. The van der Waals surface area contributed by atoms with E-state index in [2.05, 4.69) is 10.6 Å². The zero-order valence-electron chi connectivity index (χ0n) is 14.0. The Labute approximate surface area is 147 Å². The van der Waals surface area contributed by atoms with Crippen LogP contribution in [-0.2, 0) is 11.3 Å².